The quantitative estimate of drug-likeness (QED) is 0.775. The van der Waals surface area contributed by atoms with Gasteiger partial charge in [-0.25, -0.2) is 0 Å². The molecule has 1 amide bonds. The van der Waals surface area contributed by atoms with Crippen LogP contribution in [0.5, 0.6) is 11.5 Å². The van der Waals surface area contributed by atoms with Crippen molar-refractivity contribution in [2.75, 3.05) is 20.3 Å². The van der Waals surface area contributed by atoms with Gasteiger partial charge in [-0.3, -0.25) is 9.48 Å². The number of aryl methyl sites for hydroxylation is 1. The molecular formula is C20H25N3O3. The topological polar surface area (TPSA) is 65.4 Å². The molecule has 1 aliphatic heterocycles. The standard InChI is InChI=1S/C20H25N3O3/c1-25-17-5-6-19-15(12-17)11-16(13-26-19)20(24)21-8-2-10-23-18(7-9-22-23)14-3-4-14/h5-7,9,12,14,16H,2-4,8,10-11,13H2,1H3,(H,21,24)/t16-/m1/s1. The van der Waals surface area contributed by atoms with Gasteiger partial charge >= 0.3 is 0 Å². The number of hydrogen-bond acceptors (Lipinski definition) is 4. The molecule has 0 unspecified atom stereocenters. The molecule has 2 heterocycles. The number of carbonyl (C=O) groups is 1. The fourth-order valence-electron chi connectivity index (χ4n) is 3.51. The molecule has 0 radical (unpaired) electrons. The zero-order valence-corrected chi connectivity index (χ0v) is 15.1. The van der Waals surface area contributed by atoms with Crippen molar-refractivity contribution in [1.82, 2.24) is 15.1 Å². The summed E-state index contributed by atoms with van der Waals surface area (Å²) in [5, 5.41) is 7.44. The minimum absolute atomic E-state index is 0.0568. The molecule has 1 aromatic heterocycles. The number of ether oxygens (including phenoxy) is 2. The second-order valence-electron chi connectivity index (χ2n) is 7.08. The lowest BCUT2D eigenvalue weighted by Gasteiger charge is -2.25. The Morgan fingerprint density at radius 1 is 1.38 bits per heavy atom. The maximum absolute atomic E-state index is 12.5. The number of fused-ring (bicyclic) bond motifs is 1. The smallest absolute Gasteiger partial charge is 0.226 e. The van der Waals surface area contributed by atoms with Crippen molar-refractivity contribution in [3.63, 3.8) is 0 Å². The Morgan fingerprint density at radius 2 is 2.27 bits per heavy atom. The molecule has 2 aliphatic rings. The minimum Gasteiger partial charge on any atom is -0.497 e. The molecule has 1 fully saturated rings. The van der Waals surface area contributed by atoms with E-state index in [1.807, 2.05) is 24.4 Å². The van der Waals surface area contributed by atoms with Crippen LogP contribution in [-0.2, 0) is 17.8 Å². The summed E-state index contributed by atoms with van der Waals surface area (Å²) in [6, 6.07) is 7.85. The number of methoxy groups -OCH3 is 1. The molecule has 1 N–H and O–H groups in total. The summed E-state index contributed by atoms with van der Waals surface area (Å²) in [5.41, 5.74) is 2.36. The van der Waals surface area contributed by atoms with E-state index < -0.39 is 0 Å². The van der Waals surface area contributed by atoms with Crippen LogP contribution in [0, 0.1) is 5.92 Å². The first kappa shape index (κ1) is 16.9. The largest absolute Gasteiger partial charge is 0.497 e. The van der Waals surface area contributed by atoms with E-state index in [0.29, 0.717) is 25.5 Å². The van der Waals surface area contributed by atoms with Crippen LogP contribution in [0.1, 0.15) is 36.4 Å². The highest BCUT2D eigenvalue weighted by atomic mass is 16.5. The maximum atomic E-state index is 12.5. The number of amides is 1. The zero-order valence-electron chi connectivity index (χ0n) is 15.1. The molecule has 6 heteroatoms. The lowest BCUT2D eigenvalue weighted by atomic mass is 9.96. The fraction of sp³-hybridized carbons (Fsp3) is 0.500. The van der Waals surface area contributed by atoms with Crippen LogP contribution in [0.25, 0.3) is 0 Å². The van der Waals surface area contributed by atoms with Crippen LogP contribution < -0.4 is 14.8 Å². The first-order valence-corrected chi connectivity index (χ1v) is 9.33. The summed E-state index contributed by atoms with van der Waals surface area (Å²) < 4.78 is 13.1. The summed E-state index contributed by atoms with van der Waals surface area (Å²) in [6.45, 7) is 1.93. The number of nitrogens with zero attached hydrogens (tertiary/aromatic N) is 2. The molecule has 2 aromatic rings. The monoisotopic (exact) mass is 355 g/mol. The van der Waals surface area contributed by atoms with Crippen molar-refractivity contribution in [2.24, 2.45) is 5.92 Å². The molecule has 4 rings (SSSR count). The molecule has 138 valence electrons. The SMILES string of the molecule is COc1ccc2c(c1)C[C@@H](C(=O)NCCCn1nccc1C1CC1)CO2. The van der Waals surface area contributed by atoms with Crippen molar-refractivity contribution in [1.29, 1.82) is 0 Å². The Bertz CT molecular complexity index is 782. The number of nitrogens with one attached hydrogen (secondary N) is 1. The van der Waals surface area contributed by atoms with Crippen molar-refractivity contribution in [3.8, 4) is 11.5 Å². The highest BCUT2D eigenvalue weighted by Crippen LogP contribution is 2.39. The first-order valence-electron chi connectivity index (χ1n) is 9.33. The van der Waals surface area contributed by atoms with Gasteiger partial charge < -0.3 is 14.8 Å². The van der Waals surface area contributed by atoms with Gasteiger partial charge in [-0.05, 0) is 55.5 Å². The molecule has 1 aromatic carbocycles. The van der Waals surface area contributed by atoms with Crippen LogP contribution >= 0.6 is 0 Å². The molecule has 0 spiro atoms. The summed E-state index contributed by atoms with van der Waals surface area (Å²) in [4.78, 5) is 12.5. The maximum Gasteiger partial charge on any atom is 0.226 e. The highest BCUT2D eigenvalue weighted by Gasteiger charge is 2.27. The number of hydrogen-bond donors (Lipinski definition) is 1. The van der Waals surface area contributed by atoms with Gasteiger partial charge in [0.25, 0.3) is 0 Å². The van der Waals surface area contributed by atoms with Crippen LogP contribution in [0.2, 0.25) is 0 Å². The third kappa shape index (κ3) is 3.69. The molecule has 1 aliphatic carbocycles. The summed E-state index contributed by atoms with van der Waals surface area (Å²) in [6.07, 6.45) is 5.98. The Hall–Kier alpha value is -2.50. The van der Waals surface area contributed by atoms with Gasteiger partial charge in [0.1, 0.15) is 18.1 Å². The van der Waals surface area contributed by atoms with Crippen molar-refractivity contribution in [3.05, 3.63) is 41.7 Å². The predicted molar refractivity (Wildman–Crippen MR) is 97.5 cm³/mol. The van der Waals surface area contributed by atoms with Crippen LogP contribution in [0.4, 0.5) is 0 Å². The Kier molecular flexibility index (Phi) is 4.82. The van der Waals surface area contributed by atoms with Crippen LogP contribution in [-0.4, -0.2) is 35.9 Å². The molecule has 0 saturated heterocycles. The van der Waals surface area contributed by atoms with Crippen LogP contribution in [0.3, 0.4) is 0 Å². The van der Waals surface area contributed by atoms with Gasteiger partial charge in [0.2, 0.25) is 5.91 Å². The number of rotatable bonds is 7. The van der Waals surface area contributed by atoms with Gasteiger partial charge in [-0.15, -0.1) is 0 Å². The van der Waals surface area contributed by atoms with E-state index in [1.165, 1.54) is 18.5 Å². The fourth-order valence-corrected chi connectivity index (χ4v) is 3.51. The molecule has 26 heavy (non-hydrogen) atoms. The molecule has 6 nitrogen and oxygen atoms in total. The van der Waals surface area contributed by atoms with Crippen molar-refractivity contribution in [2.45, 2.75) is 38.1 Å². The lowest BCUT2D eigenvalue weighted by molar-refractivity contribution is -0.126. The van der Waals surface area contributed by atoms with E-state index in [-0.39, 0.29) is 11.8 Å². The van der Waals surface area contributed by atoms with E-state index >= 15 is 0 Å². The third-order valence-corrected chi connectivity index (χ3v) is 5.14. The summed E-state index contributed by atoms with van der Waals surface area (Å²) in [7, 11) is 1.64. The third-order valence-electron chi connectivity index (χ3n) is 5.14. The lowest BCUT2D eigenvalue weighted by Crippen LogP contribution is -2.38. The van der Waals surface area contributed by atoms with Crippen molar-refractivity contribution >= 4 is 5.91 Å². The molecule has 1 saturated carbocycles. The van der Waals surface area contributed by atoms with Gasteiger partial charge in [0.05, 0.1) is 13.0 Å². The van der Waals surface area contributed by atoms with Crippen LogP contribution in [0.15, 0.2) is 30.5 Å². The van der Waals surface area contributed by atoms with Gasteiger partial charge in [-0.1, -0.05) is 0 Å². The molecular weight excluding hydrogens is 330 g/mol. The predicted octanol–water partition coefficient (Wildman–Crippen LogP) is 2.53. The minimum atomic E-state index is -0.152. The highest BCUT2D eigenvalue weighted by molar-refractivity contribution is 5.79. The van der Waals surface area contributed by atoms with E-state index in [1.54, 1.807) is 7.11 Å². The van der Waals surface area contributed by atoms with E-state index in [2.05, 4.69) is 21.2 Å². The molecule has 0 bridgehead atoms. The normalized spacial score (nSPS) is 18.7. The Morgan fingerprint density at radius 3 is 3.08 bits per heavy atom. The van der Waals surface area contributed by atoms with E-state index in [0.717, 1.165) is 30.0 Å². The van der Waals surface area contributed by atoms with Gasteiger partial charge in [-0.2, -0.15) is 5.10 Å². The average molecular weight is 355 g/mol. The number of benzene rings is 1. The van der Waals surface area contributed by atoms with Gasteiger partial charge in [0, 0.05) is 30.9 Å². The zero-order chi connectivity index (χ0) is 17.9. The number of aromatic nitrogens is 2. The summed E-state index contributed by atoms with van der Waals surface area (Å²) >= 11 is 0. The summed E-state index contributed by atoms with van der Waals surface area (Å²) in [5.74, 6) is 2.24. The Balaban J connectivity index is 1.25. The molecule has 1 atom stereocenters. The number of carbonyl (C=O) groups excluding carboxylic acids is 1. The average Bonchev–Trinajstić information content (AvgIpc) is 3.42. The van der Waals surface area contributed by atoms with Crippen molar-refractivity contribution < 1.29 is 14.3 Å². The second-order valence-corrected chi connectivity index (χ2v) is 7.08. The first-order chi connectivity index (χ1) is 12.7. The second kappa shape index (κ2) is 7.40. The van der Waals surface area contributed by atoms with E-state index in [4.69, 9.17) is 9.47 Å². The Labute approximate surface area is 153 Å². The van der Waals surface area contributed by atoms with Gasteiger partial charge in [0.15, 0.2) is 0 Å². The van der Waals surface area contributed by atoms with E-state index in [9.17, 15) is 4.79 Å².